The van der Waals surface area contributed by atoms with E-state index in [1.54, 1.807) is 51.4 Å². The average Bonchev–Trinajstić information content (AvgIpc) is 3.51. The summed E-state index contributed by atoms with van der Waals surface area (Å²) >= 11 is 0. The second-order valence-corrected chi connectivity index (χ2v) is 14.9. The standard InChI is InChI=1S/C24H44.C12H22/c1-5-8-11-21-17(4)15-20-10-9-12-22(20)24(21)23-16-18(6-2)13-14-19(23)7-3;1-3-10-8-9(2)11-6-4-5-7-12(10)11/h17-24H,5-16H2,1-4H3;9-12H,3-8H2,1-2H3. The number of hydrogen-bond acceptors (Lipinski definition) is 0. The Morgan fingerprint density at radius 2 is 1.28 bits per heavy atom. The maximum absolute atomic E-state index is 2.63. The highest BCUT2D eigenvalue weighted by atomic mass is 14.5. The molecule has 0 heteroatoms. The van der Waals surface area contributed by atoms with Crippen molar-refractivity contribution in [2.75, 3.05) is 0 Å². The van der Waals surface area contributed by atoms with Gasteiger partial charge in [-0.2, -0.15) is 0 Å². The topological polar surface area (TPSA) is 0 Å². The molecule has 210 valence electrons. The van der Waals surface area contributed by atoms with Crippen molar-refractivity contribution in [1.82, 2.24) is 0 Å². The molecule has 0 aliphatic heterocycles. The van der Waals surface area contributed by atoms with Gasteiger partial charge in [0.2, 0.25) is 0 Å². The summed E-state index contributed by atoms with van der Waals surface area (Å²) < 4.78 is 0. The molecule has 5 fully saturated rings. The molecular formula is C36H66. The third kappa shape index (κ3) is 6.41. The third-order valence-electron chi connectivity index (χ3n) is 13.2. The van der Waals surface area contributed by atoms with Gasteiger partial charge >= 0.3 is 0 Å². The van der Waals surface area contributed by atoms with Crippen molar-refractivity contribution in [2.45, 2.75) is 157 Å². The molecule has 0 aromatic rings. The van der Waals surface area contributed by atoms with Gasteiger partial charge < -0.3 is 0 Å². The number of rotatable bonds is 7. The highest BCUT2D eigenvalue weighted by molar-refractivity contribution is 4.99. The Morgan fingerprint density at radius 1 is 0.556 bits per heavy atom. The zero-order valence-corrected chi connectivity index (χ0v) is 25.7. The predicted octanol–water partition coefficient (Wildman–Crippen LogP) is 11.6. The second kappa shape index (κ2) is 13.9. The van der Waals surface area contributed by atoms with E-state index in [4.69, 9.17) is 0 Å². The molecule has 0 spiro atoms. The first-order chi connectivity index (χ1) is 17.5. The van der Waals surface area contributed by atoms with Crippen molar-refractivity contribution in [3.8, 4) is 0 Å². The van der Waals surface area contributed by atoms with E-state index in [1.807, 2.05) is 0 Å². The summed E-state index contributed by atoms with van der Waals surface area (Å²) in [6.45, 7) is 14.8. The molecule has 0 N–H and O–H groups in total. The highest BCUT2D eigenvalue weighted by Crippen LogP contribution is 2.58. The van der Waals surface area contributed by atoms with Gasteiger partial charge in [0, 0.05) is 0 Å². The average molecular weight is 499 g/mol. The van der Waals surface area contributed by atoms with Crippen LogP contribution in [0.1, 0.15) is 157 Å². The van der Waals surface area contributed by atoms with Crippen LogP contribution in [0.15, 0.2) is 0 Å². The summed E-state index contributed by atoms with van der Waals surface area (Å²) in [7, 11) is 0. The van der Waals surface area contributed by atoms with Crippen molar-refractivity contribution in [3.05, 3.63) is 0 Å². The Balaban J connectivity index is 0.000000211. The summed E-state index contributed by atoms with van der Waals surface area (Å²) in [5, 5.41) is 0. The van der Waals surface area contributed by atoms with Gasteiger partial charge in [-0.3, -0.25) is 0 Å². The van der Waals surface area contributed by atoms with Crippen molar-refractivity contribution >= 4 is 0 Å². The quantitative estimate of drug-likeness (QED) is 0.327. The molecule has 0 amide bonds. The Labute approximate surface area is 227 Å². The van der Waals surface area contributed by atoms with E-state index >= 15 is 0 Å². The van der Waals surface area contributed by atoms with E-state index in [2.05, 4.69) is 41.5 Å². The van der Waals surface area contributed by atoms with Gasteiger partial charge in [-0.15, -0.1) is 0 Å². The first-order valence-corrected chi connectivity index (χ1v) is 17.5. The van der Waals surface area contributed by atoms with Crippen LogP contribution >= 0.6 is 0 Å². The van der Waals surface area contributed by atoms with Crippen molar-refractivity contribution < 1.29 is 0 Å². The fourth-order valence-corrected chi connectivity index (χ4v) is 11.3. The molecule has 5 rings (SSSR count). The molecular weight excluding hydrogens is 432 g/mol. The van der Waals surface area contributed by atoms with Crippen LogP contribution in [0.4, 0.5) is 0 Å². The van der Waals surface area contributed by atoms with E-state index in [1.165, 1.54) is 64.2 Å². The second-order valence-electron chi connectivity index (χ2n) is 14.9. The zero-order chi connectivity index (χ0) is 25.7. The fourth-order valence-electron chi connectivity index (χ4n) is 11.3. The lowest BCUT2D eigenvalue weighted by Crippen LogP contribution is -2.45. The minimum absolute atomic E-state index is 1.00. The van der Waals surface area contributed by atoms with E-state index in [-0.39, 0.29) is 0 Å². The van der Waals surface area contributed by atoms with Crippen LogP contribution in [-0.4, -0.2) is 0 Å². The number of fused-ring (bicyclic) bond motifs is 2. The predicted molar refractivity (Wildman–Crippen MR) is 159 cm³/mol. The molecule has 36 heavy (non-hydrogen) atoms. The molecule has 5 aliphatic carbocycles. The summed E-state index contributed by atoms with van der Waals surface area (Å²) in [5.41, 5.74) is 0. The monoisotopic (exact) mass is 499 g/mol. The largest absolute Gasteiger partial charge is 0.0654 e. The molecule has 12 atom stereocenters. The Kier molecular flexibility index (Phi) is 11.2. The first-order valence-electron chi connectivity index (χ1n) is 17.5. The molecule has 0 saturated heterocycles. The molecule has 5 aliphatic rings. The summed E-state index contributed by atoms with van der Waals surface area (Å²) in [4.78, 5) is 0. The van der Waals surface area contributed by atoms with E-state index < -0.39 is 0 Å². The van der Waals surface area contributed by atoms with Crippen LogP contribution in [0.3, 0.4) is 0 Å². The van der Waals surface area contributed by atoms with Gasteiger partial charge in [-0.1, -0.05) is 106 Å². The number of unbranched alkanes of at least 4 members (excludes halogenated alkanes) is 1. The molecule has 12 unspecified atom stereocenters. The zero-order valence-electron chi connectivity index (χ0n) is 25.7. The van der Waals surface area contributed by atoms with Gasteiger partial charge in [0.15, 0.2) is 0 Å². The van der Waals surface area contributed by atoms with Crippen LogP contribution in [0.25, 0.3) is 0 Å². The van der Waals surface area contributed by atoms with Gasteiger partial charge in [-0.05, 0) is 122 Å². The van der Waals surface area contributed by atoms with Crippen molar-refractivity contribution in [3.63, 3.8) is 0 Å². The van der Waals surface area contributed by atoms with Gasteiger partial charge in [0.05, 0.1) is 0 Å². The lowest BCUT2D eigenvalue weighted by Gasteiger charge is -2.52. The molecule has 0 bridgehead atoms. The lowest BCUT2D eigenvalue weighted by molar-refractivity contribution is -0.0297. The van der Waals surface area contributed by atoms with Crippen LogP contribution < -0.4 is 0 Å². The maximum atomic E-state index is 2.63. The molecule has 0 nitrogen and oxygen atoms in total. The highest BCUT2D eigenvalue weighted by Gasteiger charge is 2.49. The van der Waals surface area contributed by atoms with Gasteiger partial charge in [-0.25, -0.2) is 0 Å². The van der Waals surface area contributed by atoms with Crippen LogP contribution in [0.5, 0.6) is 0 Å². The van der Waals surface area contributed by atoms with Crippen LogP contribution in [0, 0.1) is 71.0 Å². The normalized spacial score (nSPS) is 46.5. The third-order valence-corrected chi connectivity index (χ3v) is 13.2. The van der Waals surface area contributed by atoms with Crippen molar-refractivity contribution in [2.24, 2.45) is 71.0 Å². The first kappa shape index (κ1) is 29.0. The summed E-state index contributed by atoms with van der Waals surface area (Å²) in [6.07, 6.45) is 27.3. The van der Waals surface area contributed by atoms with Crippen molar-refractivity contribution in [1.29, 1.82) is 0 Å². The summed E-state index contributed by atoms with van der Waals surface area (Å²) in [6, 6.07) is 0. The molecule has 5 saturated carbocycles. The maximum Gasteiger partial charge on any atom is -0.0321 e. The lowest BCUT2D eigenvalue weighted by atomic mass is 9.53. The Hall–Kier alpha value is 0. The molecule has 0 aromatic heterocycles. The van der Waals surface area contributed by atoms with Crippen LogP contribution in [0.2, 0.25) is 0 Å². The molecule has 0 aromatic carbocycles. The van der Waals surface area contributed by atoms with Gasteiger partial charge in [0.25, 0.3) is 0 Å². The smallest absolute Gasteiger partial charge is 0.0321 e. The fraction of sp³-hybridized carbons (Fsp3) is 1.00. The SMILES string of the molecule is CCC1CC(C)C2CCCCC12.CCCCC1C(C)CC2CCCC2C1C1CC(CC)CCC1CC. The van der Waals surface area contributed by atoms with E-state index in [0.29, 0.717) is 0 Å². The summed E-state index contributed by atoms with van der Waals surface area (Å²) in [5.74, 6) is 12.9. The van der Waals surface area contributed by atoms with E-state index in [0.717, 1.165) is 71.0 Å². The molecule has 0 radical (unpaired) electrons. The van der Waals surface area contributed by atoms with Crippen LogP contribution in [-0.2, 0) is 0 Å². The number of hydrogen-bond donors (Lipinski definition) is 0. The molecule has 0 heterocycles. The Morgan fingerprint density at radius 3 is 1.97 bits per heavy atom. The minimum atomic E-state index is 1.00. The van der Waals surface area contributed by atoms with E-state index in [9.17, 15) is 0 Å². The van der Waals surface area contributed by atoms with Gasteiger partial charge in [0.1, 0.15) is 0 Å². The Bertz CT molecular complexity index is 622. The minimum Gasteiger partial charge on any atom is -0.0654 e.